The summed E-state index contributed by atoms with van der Waals surface area (Å²) < 4.78 is 0. The van der Waals surface area contributed by atoms with Crippen LogP contribution in [0.1, 0.15) is 27.7 Å². The highest BCUT2D eigenvalue weighted by Crippen LogP contribution is 2.16. The molecule has 0 unspecified atom stereocenters. The van der Waals surface area contributed by atoms with E-state index in [2.05, 4.69) is 0 Å². The summed E-state index contributed by atoms with van der Waals surface area (Å²) in [6, 6.07) is 0. The van der Waals surface area contributed by atoms with Gasteiger partial charge in [0.15, 0.2) is 0 Å². The summed E-state index contributed by atoms with van der Waals surface area (Å²) in [4.78, 5) is 23.8. The summed E-state index contributed by atoms with van der Waals surface area (Å²) in [7, 11) is 1.53. The first-order chi connectivity index (χ1) is 6.69. The van der Waals surface area contributed by atoms with E-state index < -0.39 is 11.5 Å². The average Bonchev–Trinajstić information content (AvgIpc) is 2.12. The van der Waals surface area contributed by atoms with Crippen LogP contribution in [0.4, 0.5) is 0 Å². The Morgan fingerprint density at radius 2 is 1.87 bits per heavy atom. The van der Waals surface area contributed by atoms with E-state index in [1.54, 1.807) is 0 Å². The fourth-order valence-corrected chi connectivity index (χ4v) is 1.46. The number of rotatable bonds is 5. The number of aliphatic carboxylic acids is 1. The van der Waals surface area contributed by atoms with Gasteiger partial charge in [0.05, 0.1) is 5.75 Å². The molecule has 0 saturated carbocycles. The van der Waals surface area contributed by atoms with Gasteiger partial charge in [-0.25, -0.2) is 4.79 Å². The number of carboxylic acid groups (broad SMARTS) is 1. The van der Waals surface area contributed by atoms with Gasteiger partial charge in [-0.15, -0.1) is 11.8 Å². The zero-order valence-electron chi connectivity index (χ0n) is 9.90. The number of thioether (sulfide) groups is 1. The molecule has 0 rings (SSSR count). The van der Waals surface area contributed by atoms with E-state index in [1.807, 2.05) is 13.8 Å². The van der Waals surface area contributed by atoms with Gasteiger partial charge in [-0.05, 0) is 19.1 Å². The predicted molar refractivity (Wildman–Crippen MR) is 62.1 cm³/mol. The van der Waals surface area contributed by atoms with Crippen molar-refractivity contribution in [2.45, 2.75) is 38.5 Å². The molecule has 0 heterocycles. The largest absolute Gasteiger partial charge is 0.480 e. The quantitative estimate of drug-likeness (QED) is 0.781. The topological polar surface area (TPSA) is 57.6 Å². The Balaban J connectivity index is 4.38. The lowest BCUT2D eigenvalue weighted by Crippen LogP contribution is -2.51. The maximum absolute atomic E-state index is 11.6. The monoisotopic (exact) mass is 233 g/mol. The zero-order valence-corrected chi connectivity index (χ0v) is 10.7. The molecule has 0 aromatic heterocycles. The van der Waals surface area contributed by atoms with E-state index in [4.69, 9.17) is 5.11 Å². The van der Waals surface area contributed by atoms with Crippen molar-refractivity contribution in [3.8, 4) is 0 Å². The van der Waals surface area contributed by atoms with Gasteiger partial charge < -0.3 is 10.0 Å². The van der Waals surface area contributed by atoms with Crippen molar-refractivity contribution in [2.75, 3.05) is 12.8 Å². The molecule has 0 aliphatic heterocycles. The highest BCUT2D eigenvalue weighted by molar-refractivity contribution is 8.00. The first-order valence-corrected chi connectivity index (χ1v) is 5.86. The molecule has 0 radical (unpaired) electrons. The number of hydrogen-bond donors (Lipinski definition) is 1. The average molecular weight is 233 g/mol. The van der Waals surface area contributed by atoms with Crippen molar-refractivity contribution in [1.29, 1.82) is 0 Å². The van der Waals surface area contributed by atoms with Gasteiger partial charge >= 0.3 is 5.97 Å². The normalized spacial score (nSPS) is 11.6. The van der Waals surface area contributed by atoms with Crippen molar-refractivity contribution >= 4 is 23.6 Å². The zero-order chi connectivity index (χ0) is 12.2. The number of likely N-dealkylation sites (N-methyl/N-ethyl adjacent to an activating group) is 1. The van der Waals surface area contributed by atoms with Crippen LogP contribution in [0.3, 0.4) is 0 Å². The van der Waals surface area contributed by atoms with Gasteiger partial charge in [-0.1, -0.05) is 13.8 Å². The van der Waals surface area contributed by atoms with Gasteiger partial charge in [0.25, 0.3) is 0 Å². The van der Waals surface area contributed by atoms with Crippen molar-refractivity contribution in [1.82, 2.24) is 4.90 Å². The minimum Gasteiger partial charge on any atom is -0.480 e. The Kier molecular flexibility index (Phi) is 5.14. The fraction of sp³-hybridized carbons (Fsp3) is 0.800. The lowest BCUT2D eigenvalue weighted by molar-refractivity contribution is -0.154. The molecule has 15 heavy (non-hydrogen) atoms. The molecule has 0 spiro atoms. The van der Waals surface area contributed by atoms with Crippen LogP contribution < -0.4 is 0 Å². The first kappa shape index (κ1) is 14.3. The summed E-state index contributed by atoms with van der Waals surface area (Å²) in [6.07, 6.45) is 0. The molecule has 0 aromatic rings. The van der Waals surface area contributed by atoms with Crippen molar-refractivity contribution in [3.05, 3.63) is 0 Å². The number of amides is 1. The molecule has 1 amide bonds. The molecule has 5 heteroatoms. The number of hydrogen-bond acceptors (Lipinski definition) is 3. The lowest BCUT2D eigenvalue weighted by atomic mass is 10.0. The van der Waals surface area contributed by atoms with Gasteiger partial charge in [-0.3, -0.25) is 4.79 Å². The van der Waals surface area contributed by atoms with Gasteiger partial charge in [-0.2, -0.15) is 0 Å². The number of carboxylic acids is 1. The second kappa shape index (κ2) is 5.39. The molecule has 0 aliphatic carbocycles. The van der Waals surface area contributed by atoms with E-state index in [0.29, 0.717) is 11.0 Å². The first-order valence-electron chi connectivity index (χ1n) is 4.81. The molecule has 88 valence electrons. The van der Waals surface area contributed by atoms with Crippen LogP contribution in [0.5, 0.6) is 0 Å². The third-order valence-electron chi connectivity index (χ3n) is 2.28. The third kappa shape index (κ3) is 4.11. The van der Waals surface area contributed by atoms with E-state index in [1.165, 1.54) is 37.6 Å². The van der Waals surface area contributed by atoms with Crippen LogP contribution in [0.2, 0.25) is 0 Å². The summed E-state index contributed by atoms with van der Waals surface area (Å²) in [5.41, 5.74) is -1.14. The number of carbonyl (C=O) groups excluding carboxylic acids is 1. The van der Waals surface area contributed by atoms with Crippen LogP contribution in [0.25, 0.3) is 0 Å². The van der Waals surface area contributed by atoms with Gasteiger partial charge in [0.2, 0.25) is 5.91 Å². The molecule has 4 nitrogen and oxygen atoms in total. The Bertz CT molecular complexity index is 251. The van der Waals surface area contributed by atoms with Crippen LogP contribution >= 0.6 is 11.8 Å². The summed E-state index contributed by atoms with van der Waals surface area (Å²) in [5.74, 6) is -0.820. The second-order valence-corrected chi connectivity index (χ2v) is 5.74. The molecular formula is C10H19NO3S. The highest BCUT2D eigenvalue weighted by Gasteiger charge is 2.34. The Morgan fingerprint density at radius 1 is 1.40 bits per heavy atom. The maximum atomic E-state index is 11.6. The lowest BCUT2D eigenvalue weighted by Gasteiger charge is -2.31. The van der Waals surface area contributed by atoms with E-state index in [-0.39, 0.29) is 5.91 Å². The molecule has 0 aliphatic rings. The standard InChI is InChI=1S/C10H19NO3S/c1-7(2)15-6-8(12)11(5)10(3,4)9(13)14/h7H,6H2,1-5H3,(H,13,14). The molecule has 0 fully saturated rings. The molecular weight excluding hydrogens is 214 g/mol. The van der Waals surface area contributed by atoms with Crippen molar-refractivity contribution in [2.24, 2.45) is 0 Å². The molecule has 0 saturated heterocycles. The smallest absolute Gasteiger partial charge is 0.329 e. The van der Waals surface area contributed by atoms with Crippen LogP contribution in [-0.4, -0.2) is 45.5 Å². The Hall–Kier alpha value is -0.710. The number of carbonyl (C=O) groups is 2. The van der Waals surface area contributed by atoms with E-state index in [0.717, 1.165) is 0 Å². The SMILES string of the molecule is CC(C)SCC(=O)N(C)C(C)(C)C(=O)O. The molecule has 0 aromatic carbocycles. The minimum absolute atomic E-state index is 0.152. The van der Waals surface area contributed by atoms with Crippen LogP contribution in [0.15, 0.2) is 0 Å². The second-order valence-electron chi connectivity index (χ2n) is 4.18. The van der Waals surface area contributed by atoms with Crippen LogP contribution in [0, 0.1) is 0 Å². The summed E-state index contributed by atoms with van der Waals surface area (Å²) in [6.45, 7) is 7.04. The molecule has 0 bridgehead atoms. The maximum Gasteiger partial charge on any atom is 0.329 e. The Labute approximate surface area is 95.0 Å². The van der Waals surface area contributed by atoms with E-state index >= 15 is 0 Å². The van der Waals surface area contributed by atoms with Crippen molar-refractivity contribution in [3.63, 3.8) is 0 Å². The van der Waals surface area contributed by atoms with Gasteiger partial charge in [0.1, 0.15) is 5.54 Å². The van der Waals surface area contributed by atoms with Gasteiger partial charge in [0, 0.05) is 7.05 Å². The van der Waals surface area contributed by atoms with Crippen LogP contribution in [-0.2, 0) is 9.59 Å². The Morgan fingerprint density at radius 3 is 2.20 bits per heavy atom. The van der Waals surface area contributed by atoms with E-state index in [9.17, 15) is 9.59 Å². The van der Waals surface area contributed by atoms with Crippen molar-refractivity contribution < 1.29 is 14.7 Å². The number of nitrogens with zero attached hydrogens (tertiary/aromatic N) is 1. The highest BCUT2D eigenvalue weighted by atomic mass is 32.2. The third-order valence-corrected chi connectivity index (χ3v) is 3.36. The minimum atomic E-state index is -1.14. The predicted octanol–water partition coefficient (Wildman–Crippen LogP) is 1.45. The fourth-order valence-electron chi connectivity index (χ4n) is 0.790. The molecule has 1 N–H and O–H groups in total. The molecule has 0 atom stereocenters. The summed E-state index contributed by atoms with van der Waals surface area (Å²) >= 11 is 1.51. The summed E-state index contributed by atoms with van der Waals surface area (Å²) in [5, 5.41) is 9.31.